The van der Waals surface area contributed by atoms with Gasteiger partial charge in [-0.3, -0.25) is 0 Å². The third-order valence-electron chi connectivity index (χ3n) is 2.69. The van der Waals surface area contributed by atoms with Crippen molar-refractivity contribution in [3.63, 3.8) is 0 Å². The van der Waals surface area contributed by atoms with Gasteiger partial charge in [0.15, 0.2) is 0 Å². The Morgan fingerprint density at radius 2 is 1.85 bits per heavy atom. The molecule has 2 rings (SSSR count). The van der Waals surface area contributed by atoms with E-state index < -0.39 is 11.7 Å². The lowest BCUT2D eigenvalue weighted by Crippen LogP contribution is -2.06. The molecule has 1 N–H and O–H groups in total. The molecule has 0 heterocycles. The molecule has 0 aliphatic heterocycles. The van der Waals surface area contributed by atoms with E-state index in [9.17, 15) is 13.2 Å². The minimum Gasteiger partial charge on any atom is -0.381 e. The van der Waals surface area contributed by atoms with Gasteiger partial charge in [0.1, 0.15) is 0 Å². The maximum atomic E-state index is 12.6. The van der Waals surface area contributed by atoms with Crippen molar-refractivity contribution in [2.24, 2.45) is 0 Å². The minimum absolute atomic E-state index is 0.355. The number of nitrogens with one attached hydrogen (secondary N) is 1. The van der Waals surface area contributed by atoms with Crippen molar-refractivity contribution in [1.29, 1.82) is 0 Å². The summed E-state index contributed by atoms with van der Waals surface area (Å²) in [4.78, 5) is 0. The van der Waals surface area contributed by atoms with Crippen molar-refractivity contribution in [1.82, 2.24) is 0 Å². The van der Waals surface area contributed by atoms with Gasteiger partial charge in [0.05, 0.1) is 5.56 Å². The molecule has 1 nitrogen and oxygen atoms in total. The number of hydrogen-bond donors (Lipinski definition) is 1. The van der Waals surface area contributed by atoms with Crippen LogP contribution in [0.15, 0.2) is 46.9 Å². The van der Waals surface area contributed by atoms with Gasteiger partial charge in [0.2, 0.25) is 0 Å². The fraction of sp³-hybridized carbons (Fsp3) is 0.143. The lowest BCUT2D eigenvalue weighted by atomic mass is 10.2. The zero-order valence-corrected chi connectivity index (χ0v) is 12.5. The van der Waals surface area contributed by atoms with Gasteiger partial charge < -0.3 is 5.32 Å². The van der Waals surface area contributed by atoms with E-state index in [0.29, 0.717) is 17.3 Å². The maximum Gasteiger partial charge on any atom is 0.416 e. The van der Waals surface area contributed by atoms with E-state index in [1.807, 2.05) is 12.1 Å². The van der Waals surface area contributed by atoms with E-state index in [0.717, 1.165) is 22.2 Å². The number of hydrogen-bond acceptors (Lipinski definition) is 1. The van der Waals surface area contributed by atoms with Crippen LogP contribution in [0.1, 0.15) is 11.1 Å². The highest BCUT2D eigenvalue weighted by atomic mass is 79.9. The quantitative estimate of drug-likeness (QED) is 0.733. The molecule has 0 saturated carbocycles. The zero-order chi connectivity index (χ0) is 14.8. The van der Waals surface area contributed by atoms with E-state index in [4.69, 9.17) is 11.6 Å². The largest absolute Gasteiger partial charge is 0.416 e. The van der Waals surface area contributed by atoms with Crippen molar-refractivity contribution in [2.75, 3.05) is 5.32 Å². The molecule has 0 bridgehead atoms. The molecule has 20 heavy (non-hydrogen) atoms. The Labute approximate surface area is 127 Å². The van der Waals surface area contributed by atoms with Crippen LogP contribution in [0.25, 0.3) is 0 Å². The fourth-order valence-corrected chi connectivity index (χ4v) is 2.41. The van der Waals surface area contributed by atoms with Gasteiger partial charge >= 0.3 is 6.18 Å². The van der Waals surface area contributed by atoms with Crippen molar-refractivity contribution < 1.29 is 13.2 Å². The summed E-state index contributed by atoms with van der Waals surface area (Å²) in [5.41, 5.74) is 0.537. The van der Waals surface area contributed by atoms with Gasteiger partial charge in [-0.15, -0.1) is 0 Å². The summed E-state index contributed by atoms with van der Waals surface area (Å²) in [6, 6.07) is 10.5. The number of benzene rings is 2. The molecule has 106 valence electrons. The molecule has 0 aliphatic rings. The first-order chi connectivity index (χ1) is 9.36. The van der Waals surface area contributed by atoms with Crippen LogP contribution in [0.2, 0.25) is 5.02 Å². The number of alkyl halides is 3. The van der Waals surface area contributed by atoms with Gasteiger partial charge in [-0.2, -0.15) is 13.2 Å². The first-order valence-corrected chi connectivity index (χ1v) is 6.88. The summed E-state index contributed by atoms with van der Waals surface area (Å²) < 4.78 is 38.6. The van der Waals surface area contributed by atoms with Crippen LogP contribution >= 0.6 is 27.5 Å². The molecule has 0 fully saturated rings. The van der Waals surface area contributed by atoms with Crippen LogP contribution in [-0.2, 0) is 12.7 Å². The molecule has 0 saturated heterocycles. The monoisotopic (exact) mass is 363 g/mol. The van der Waals surface area contributed by atoms with E-state index in [-0.39, 0.29) is 0 Å². The Morgan fingerprint density at radius 3 is 2.50 bits per heavy atom. The molecule has 0 spiro atoms. The molecule has 0 aromatic heterocycles. The molecule has 0 atom stereocenters. The molecular formula is C14H10BrClF3N. The highest BCUT2D eigenvalue weighted by molar-refractivity contribution is 9.10. The smallest absolute Gasteiger partial charge is 0.381 e. The first kappa shape index (κ1) is 15.2. The third kappa shape index (κ3) is 3.90. The maximum absolute atomic E-state index is 12.6. The lowest BCUT2D eigenvalue weighted by molar-refractivity contribution is -0.137. The predicted octanol–water partition coefficient (Wildman–Crippen LogP) is 5.73. The van der Waals surface area contributed by atoms with Gasteiger partial charge in [-0.1, -0.05) is 39.7 Å². The molecule has 6 heteroatoms. The third-order valence-corrected chi connectivity index (χ3v) is 3.53. The average molecular weight is 365 g/mol. The second kappa shape index (κ2) is 6.06. The standard InChI is InChI=1S/C14H10BrClF3N/c15-11-5-4-9(13(16)7-11)8-20-12-3-1-2-10(6-12)14(17,18)19/h1-7,20H,8H2. The molecule has 0 aliphatic carbocycles. The van der Waals surface area contributed by atoms with Gasteiger partial charge in [0, 0.05) is 21.7 Å². The van der Waals surface area contributed by atoms with Crippen LogP contribution in [0.5, 0.6) is 0 Å². The summed E-state index contributed by atoms with van der Waals surface area (Å²) in [5.74, 6) is 0. The zero-order valence-electron chi connectivity index (χ0n) is 10.1. The van der Waals surface area contributed by atoms with Crippen LogP contribution in [0, 0.1) is 0 Å². The Bertz CT molecular complexity index is 614. The molecule has 0 amide bonds. The second-order valence-corrected chi connectivity index (χ2v) is 5.49. The Morgan fingerprint density at radius 1 is 1.10 bits per heavy atom. The molecule has 0 unspecified atom stereocenters. The van der Waals surface area contributed by atoms with Crippen LogP contribution in [-0.4, -0.2) is 0 Å². The SMILES string of the molecule is FC(F)(F)c1cccc(NCc2ccc(Br)cc2Cl)c1. The van der Waals surface area contributed by atoms with Crippen LogP contribution in [0.4, 0.5) is 18.9 Å². The summed E-state index contributed by atoms with van der Waals surface area (Å²) in [6.07, 6.45) is -4.34. The van der Waals surface area contributed by atoms with Gasteiger partial charge in [-0.05, 0) is 35.9 Å². The fourth-order valence-electron chi connectivity index (χ4n) is 1.67. The van der Waals surface area contributed by atoms with E-state index in [2.05, 4.69) is 21.2 Å². The Kier molecular flexibility index (Phi) is 4.60. The topological polar surface area (TPSA) is 12.0 Å². The summed E-state index contributed by atoms with van der Waals surface area (Å²) in [5, 5.41) is 3.49. The van der Waals surface area contributed by atoms with E-state index in [1.165, 1.54) is 6.07 Å². The van der Waals surface area contributed by atoms with Crippen molar-refractivity contribution in [3.05, 3.63) is 63.1 Å². The number of anilines is 1. The van der Waals surface area contributed by atoms with E-state index in [1.54, 1.807) is 12.1 Å². The minimum atomic E-state index is -4.34. The summed E-state index contributed by atoms with van der Waals surface area (Å²) in [7, 11) is 0. The number of rotatable bonds is 3. The second-order valence-electron chi connectivity index (χ2n) is 4.17. The molecule has 2 aromatic carbocycles. The molecule has 0 radical (unpaired) electrons. The highest BCUT2D eigenvalue weighted by Gasteiger charge is 2.30. The normalized spacial score (nSPS) is 11.4. The molecular weight excluding hydrogens is 355 g/mol. The van der Waals surface area contributed by atoms with Crippen molar-refractivity contribution in [2.45, 2.75) is 12.7 Å². The first-order valence-electron chi connectivity index (χ1n) is 5.71. The lowest BCUT2D eigenvalue weighted by Gasteiger charge is -2.11. The van der Waals surface area contributed by atoms with Gasteiger partial charge in [0.25, 0.3) is 0 Å². The van der Waals surface area contributed by atoms with Gasteiger partial charge in [-0.25, -0.2) is 0 Å². The highest BCUT2D eigenvalue weighted by Crippen LogP contribution is 2.31. The average Bonchev–Trinajstić information content (AvgIpc) is 2.37. The number of halogens is 5. The molecule has 2 aromatic rings. The Balaban J connectivity index is 2.11. The van der Waals surface area contributed by atoms with Crippen LogP contribution in [0.3, 0.4) is 0 Å². The van der Waals surface area contributed by atoms with Crippen LogP contribution < -0.4 is 5.32 Å². The van der Waals surface area contributed by atoms with Crippen molar-refractivity contribution in [3.8, 4) is 0 Å². The predicted molar refractivity (Wildman–Crippen MR) is 77.9 cm³/mol. The summed E-state index contributed by atoms with van der Waals surface area (Å²) >= 11 is 9.34. The summed E-state index contributed by atoms with van der Waals surface area (Å²) in [6.45, 7) is 0.355. The van der Waals surface area contributed by atoms with E-state index >= 15 is 0 Å². The van der Waals surface area contributed by atoms with Crippen molar-refractivity contribution >= 4 is 33.2 Å². The Hall–Kier alpha value is -1.20.